The summed E-state index contributed by atoms with van der Waals surface area (Å²) in [6, 6.07) is 20.6. The molecule has 0 bridgehead atoms. The Morgan fingerprint density at radius 1 is 0.800 bits per heavy atom. The van der Waals surface area contributed by atoms with E-state index in [1.54, 1.807) is 0 Å². The molecule has 0 amide bonds. The molecule has 98 valence electrons. The van der Waals surface area contributed by atoms with Crippen molar-refractivity contribution in [1.82, 2.24) is 0 Å². The lowest BCUT2D eigenvalue weighted by molar-refractivity contribution is 1.03. The molecular formula is C18H16N2. The van der Waals surface area contributed by atoms with Crippen molar-refractivity contribution in [2.45, 2.75) is 6.92 Å². The van der Waals surface area contributed by atoms with E-state index in [1.165, 1.54) is 16.7 Å². The normalized spacial score (nSPS) is 14.9. The first-order valence-electron chi connectivity index (χ1n) is 6.74. The van der Waals surface area contributed by atoms with Gasteiger partial charge in [-0.25, -0.2) is 0 Å². The van der Waals surface area contributed by atoms with Crippen LogP contribution in [0.15, 0.2) is 82.5 Å². The summed E-state index contributed by atoms with van der Waals surface area (Å²) in [6.45, 7) is 2.77. The standard InChI is InChI=1S/C18H16N2/c1-14-13-19-20-18(16-10-6-3-7-11-16)12-17(14)15-8-4-2-5-9-15/h2-12H,13H2,1H3. The van der Waals surface area contributed by atoms with Gasteiger partial charge in [0.2, 0.25) is 0 Å². The number of rotatable bonds is 2. The van der Waals surface area contributed by atoms with Crippen LogP contribution in [0.4, 0.5) is 0 Å². The van der Waals surface area contributed by atoms with Crippen molar-refractivity contribution in [2.24, 2.45) is 10.2 Å². The molecule has 20 heavy (non-hydrogen) atoms. The minimum atomic E-state index is 0.650. The van der Waals surface area contributed by atoms with E-state index in [0.717, 1.165) is 11.3 Å². The average Bonchev–Trinajstić information content (AvgIpc) is 2.71. The minimum absolute atomic E-state index is 0.650. The topological polar surface area (TPSA) is 24.7 Å². The number of allylic oxidation sites excluding steroid dienone is 2. The number of nitrogens with zero attached hydrogens (tertiary/aromatic N) is 2. The van der Waals surface area contributed by atoms with Crippen molar-refractivity contribution in [3.8, 4) is 0 Å². The van der Waals surface area contributed by atoms with Gasteiger partial charge in [-0.15, -0.1) is 0 Å². The summed E-state index contributed by atoms with van der Waals surface area (Å²) in [5.41, 5.74) is 5.69. The van der Waals surface area contributed by atoms with E-state index < -0.39 is 0 Å². The molecule has 2 heteroatoms. The molecule has 0 N–H and O–H groups in total. The third-order valence-corrected chi connectivity index (χ3v) is 3.38. The Morgan fingerprint density at radius 2 is 1.40 bits per heavy atom. The van der Waals surface area contributed by atoms with Crippen LogP contribution in [-0.2, 0) is 0 Å². The predicted octanol–water partition coefficient (Wildman–Crippen LogP) is 4.97. The fourth-order valence-electron chi connectivity index (χ4n) is 2.29. The SMILES string of the molecule is CC1=C(c2ccccc2)C=C(c2ccccc2)N=NC1. The van der Waals surface area contributed by atoms with Crippen molar-refractivity contribution >= 4 is 11.3 Å². The molecule has 0 aromatic heterocycles. The Hall–Kier alpha value is -2.48. The predicted molar refractivity (Wildman–Crippen MR) is 83.2 cm³/mol. The summed E-state index contributed by atoms with van der Waals surface area (Å²) in [5, 5.41) is 8.65. The maximum atomic E-state index is 4.36. The highest BCUT2D eigenvalue weighted by Gasteiger charge is 2.10. The molecule has 0 fully saturated rings. The van der Waals surface area contributed by atoms with E-state index in [-0.39, 0.29) is 0 Å². The highest BCUT2D eigenvalue weighted by atomic mass is 15.1. The Labute approximate surface area is 119 Å². The zero-order chi connectivity index (χ0) is 13.8. The molecule has 1 aliphatic rings. The summed E-state index contributed by atoms with van der Waals surface area (Å²) in [4.78, 5) is 0. The Kier molecular flexibility index (Phi) is 3.55. The molecule has 0 radical (unpaired) electrons. The van der Waals surface area contributed by atoms with Gasteiger partial charge in [0.25, 0.3) is 0 Å². The van der Waals surface area contributed by atoms with Gasteiger partial charge in [0.15, 0.2) is 0 Å². The van der Waals surface area contributed by atoms with Crippen LogP contribution in [0.25, 0.3) is 11.3 Å². The largest absolute Gasteiger partial charge is 0.184 e. The van der Waals surface area contributed by atoms with Crippen LogP contribution in [0, 0.1) is 0 Å². The molecule has 0 atom stereocenters. The van der Waals surface area contributed by atoms with E-state index in [4.69, 9.17) is 0 Å². The van der Waals surface area contributed by atoms with Crippen LogP contribution in [0.1, 0.15) is 18.1 Å². The summed E-state index contributed by atoms with van der Waals surface area (Å²) >= 11 is 0. The molecular weight excluding hydrogens is 244 g/mol. The zero-order valence-electron chi connectivity index (χ0n) is 11.5. The molecule has 0 spiro atoms. The Bertz CT molecular complexity index is 680. The van der Waals surface area contributed by atoms with Crippen LogP contribution >= 0.6 is 0 Å². The molecule has 0 unspecified atom stereocenters. The summed E-state index contributed by atoms with van der Waals surface area (Å²) < 4.78 is 0. The highest BCUT2D eigenvalue weighted by Crippen LogP contribution is 2.28. The van der Waals surface area contributed by atoms with E-state index in [0.29, 0.717) is 6.54 Å². The molecule has 2 aromatic carbocycles. The minimum Gasteiger partial charge on any atom is -0.184 e. The maximum absolute atomic E-state index is 4.36. The van der Waals surface area contributed by atoms with Crippen molar-refractivity contribution < 1.29 is 0 Å². The van der Waals surface area contributed by atoms with Gasteiger partial charge in [-0.3, -0.25) is 0 Å². The molecule has 0 saturated carbocycles. The van der Waals surface area contributed by atoms with Gasteiger partial charge >= 0.3 is 0 Å². The van der Waals surface area contributed by atoms with Gasteiger partial charge in [-0.2, -0.15) is 10.2 Å². The molecule has 0 saturated heterocycles. The first-order chi connectivity index (χ1) is 9.84. The van der Waals surface area contributed by atoms with Crippen LogP contribution in [0.2, 0.25) is 0 Å². The molecule has 1 heterocycles. The van der Waals surface area contributed by atoms with Gasteiger partial charge < -0.3 is 0 Å². The maximum Gasteiger partial charge on any atom is 0.0931 e. The van der Waals surface area contributed by atoms with Crippen LogP contribution in [-0.4, -0.2) is 6.54 Å². The zero-order valence-corrected chi connectivity index (χ0v) is 11.5. The highest BCUT2D eigenvalue weighted by molar-refractivity contribution is 5.85. The third-order valence-electron chi connectivity index (χ3n) is 3.38. The van der Waals surface area contributed by atoms with Gasteiger partial charge in [0, 0.05) is 5.56 Å². The monoisotopic (exact) mass is 260 g/mol. The third kappa shape index (κ3) is 2.59. The Balaban J connectivity index is 2.09. The molecule has 1 aliphatic heterocycles. The van der Waals surface area contributed by atoms with Gasteiger partial charge in [-0.05, 0) is 29.7 Å². The van der Waals surface area contributed by atoms with Crippen molar-refractivity contribution in [1.29, 1.82) is 0 Å². The number of azo groups is 1. The second-order valence-corrected chi connectivity index (χ2v) is 4.86. The van der Waals surface area contributed by atoms with Gasteiger partial charge in [0.1, 0.15) is 0 Å². The van der Waals surface area contributed by atoms with Crippen LogP contribution < -0.4 is 0 Å². The summed E-state index contributed by atoms with van der Waals surface area (Å²) in [5.74, 6) is 0. The van der Waals surface area contributed by atoms with E-state index >= 15 is 0 Å². The second kappa shape index (κ2) is 5.66. The lowest BCUT2D eigenvalue weighted by Crippen LogP contribution is -1.89. The fraction of sp³-hybridized carbons (Fsp3) is 0.111. The second-order valence-electron chi connectivity index (χ2n) is 4.86. The van der Waals surface area contributed by atoms with Crippen molar-refractivity contribution in [3.05, 3.63) is 83.4 Å². The number of benzene rings is 2. The lowest BCUT2D eigenvalue weighted by atomic mass is 9.98. The molecule has 2 nitrogen and oxygen atoms in total. The average molecular weight is 260 g/mol. The van der Waals surface area contributed by atoms with Crippen molar-refractivity contribution in [2.75, 3.05) is 6.54 Å². The van der Waals surface area contributed by atoms with E-state index in [9.17, 15) is 0 Å². The van der Waals surface area contributed by atoms with Gasteiger partial charge in [-0.1, -0.05) is 60.7 Å². The van der Waals surface area contributed by atoms with Crippen LogP contribution in [0.5, 0.6) is 0 Å². The van der Waals surface area contributed by atoms with Gasteiger partial charge in [0.05, 0.1) is 12.2 Å². The molecule has 0 aliphatic carbocycles. The quantitative estimate of drug-likeness (QED) is 0.728. The number of hydrogen-bond donors (Lipinski definition) is 0. The smallest absolute Gasteiger partial charge is 0.0931 e. The van der Waals surface area contributed by atoms with E-state index in [2.05, 4.69) is 59.6 Å². The molecule has 2 aromatic rings. The van der Waals surface area contributed by atoms with Crippen LogP contribution in [0.3, 0.4) is 0 Å². The van der Waals surface area contributed by atoms with E-state index in [1.807, 2.05) is 24.3 Å². The molecule has 3 rings (SSSR count). The summed E-state index contributed by atoms with van der Waals surface area (Å²) in [7, 11) is 0. The first kappa shape index (κ1) is 12.5. The first-order valence-corrected chi connectivity index (χ1v) is 6.74. The fourth-order valence-corrected chi connectivity index (χ4v) is 2.29. The Morgan fingerprint density at radius 3 is 2.05 bits per heavy atom. The summed E-state index contributed by atoms with van der Waals surface area (Å²) in [6.07, 6.45) is 2.14. The lowest BCUT2D eigenvalue weighted by Gasteiger charge is -2.06. The van der Waals surface area contributed by atoms with Crippen molar-refractivity contribution in [3.63, 3.8) is 0 Å². The number of hydrogen-bond acceptors (Lipinski definition) is 2.